The van der Waals surface area contributed by atoms with Crippen molar-refractivity contribution in [1.29, 1.82) is 0 Å². The van der Waals surface area contributed by atoms with Gasteiger partial charge in [-0.2, -0.15) is 0 Å². The van der Waals surface area contributed by atoms with Crippen LogP contribution in [0.4, 0.5) is 0 Å². The number of guanidine groups is 1. The van der Waals surface area contributed by atoms with E-state index in [2.05, 4.69) is 34.4 Å². The predicted molar refractivity (Wildman–Crippen MR) is 110 cm³/mol. The van der Waals surface area contributed by atoms with E-state index in [1.807, 2.05) is 6.92 Å². The Morgan fingerprint density at radius 3 is 2.58 bits per heavy atom. The zero-order valence-corrected chi connectivity index (χ0v) is 17.7. The molecule has 0 spiro atoms. The van der Waals surface area contributed by atoms with Gasteiger partial charge in [-0.1, -0.05) is 13.8 Å². The number of rotatable bonds is 10. The second kappa shape index (κ2) is 12.5. The summed E-state index contributed by atoms with van der Waals surface area (Å²) in [4.78, 5) is 6.87. The molecule has 7 heteroatoms. The molecule has 1 aromatic rings. The lowest BCUT2D eigenvalue weighted by molar-refractivity contribution is 0.0437. The maximum Gasteiger partial charge on any atom is 0.191 e. The smallest absolute Gasteiger partial charge is 0.191 e. The Labute approximate surface area is 163 Å². The Morgan fingerprint density at radius 1 is 1.29 bits per heavy atom. The molecule has 0 aliphatic carbocycles. The number of likely N-dealkylation sites (N-methyl/N-ethyl adjacent to an activating group) is 1. The van der Waals surface area contributed by atoms with E-state index in [0.29, 0.717) is 11.7 Å². The Kier molecular flexibility index (Phi) is 12.1. The number of nitrogens with zero attached hydrogens (tertiary/aromatic N) is 2. The minimum absolute atomic E-state index is 0. The number of aliphatic hydroxyl groups is 1. The second-order valence-electron chi connectivity index (χ2n) is 5.81. The molecule has 6 nitrogen and oxygen atoms in total. The van der Waals surface area contributed by atoms with Gasteiger partial charge in [0.15, 0.2) is 5.96 Å². The van der Waals surface area contributed by atoms with Gasteiger partial charge in [0, 0.05) is 19.6 Å². The topological polar surface area (TPSA) is 73.0 Å². The van der Waals surface area contributed by atoms with Crippen LogP contribution in [-0.4, -0.2) is 55.2 Å². The van der Waals surface area contributed by atoms with Gasteiger partial charge in [0.25, 0.3) is 0 Å². The summed E-state index contributed by atoms with van der Waals surface area (Å²) in [5.41, 5.74) is -1.11. The summed E-state index contributed by atoms with van der Waals surface area (Å²) in [6.45, 7) is 13.1. The van der Waals surface area contributed by atoms with E-state index in [1.165, 1.54) is 0 Å². The molecule has 0 fully saturated rings. The van der Waals surface area contributed by atoms with E-state index in [9.17, 15) is 5.11 Å². The summed E-state index contributed by atoms with van der Waals surface area (Å²) in [5.74, 6) is 1.24. The molecule has 0 bridgehead atoms. The number of halogens is 1. The van der Waals surface area contributed by atoms with Crippen molar-refractivity contribution in [2.75, 3.05) is 39.3 Å². The quantitative estimate of drug-likeness (QED) is 0.289. The minimum Gasteiger partial charge on any atom is -0.466 e. The summed E-state index contributed by atoms with van der Waals surface area (Å²) in [5, 5.41) is 17.0. The third kappa shape index (κ3) is 8.34. The molecule has 0 aromatic carbocycles. The number of nitrogens with one attached hydrogen (secondary N) is 2. The highest BCUT2D eigenvalue weighted by atomic mass is 127. The molecule has 0 saturated heterocycles. The van der Waals surface area contributed by atoms with Crippen molar-refractivity contribution in [3.05, 3.63) is 24.2 Å². The highest BCUT2D eigenvalue weighted by Gasteiger charge is 2.26. The molecule has 140 valence electrons. The van der Waals surface area contributed by atoms with Crippen LogP contribution in [0.2, 0.25) is 0 Å². The first-order valence-electron chi connectivity index (χ1n) is 8.54. The van der Waals surface area contributed by atoms with E-state index >= 15 is 0 Å². The number of hydrogen-bond acceptors (Lipinski definition) is 4. The van der Waals surface area contributed by atoms with E-state index < -0.39 is 5.60 Å². The van der Waals surface area contributed by atoms with Crippen LogP contribution in [-0.2, 0) is 5.60 Å². The van der Waals surface area contributed by atoms with E-state index in [1.54, 1.807) is 25.3 Å². The fraction of sp³-hybridized carbons (Fsp3) is 0.706. The van der Waals surface area contributed by atoms with Crippen molar-refractivity contribution in [2.45, 2.75) is 39.7 Å². The summed E-state index contributed by atoms with van der Waals surface area (Å²) in [7, 11) is 0. The van der Waals surface area contributed by atoms with Crippen molar-refractivity contribution < 1.29 is 9.52 Å². The third-order valence-corrected chi connectivity index (χ3v) is 3.65. The van der Waals surface area contributed by atoms with Gasteiger partial charge in [-0.3, -0.25) is 0 Å². The van der Waals surface area contributed by atoms with Crippen LogP contribution < -0.4 is 10.6 Å². The van der Waals surface area contributed by atoms with Gasteiger partial charge in [-0.15, -0.1) is 24.0 Å². The van der Waals surface area contributed by atoms with Gasteiger partial charge in [-0.05, 0) is 45.5 Å². The first-order valence-corrected chi connectivity index (χ1v) is 8.54. The van der Waals surface area contributed by atoms with E-state index in [0.717, 1.165) is 39.1 Å². The van der Waals surface area contributed by atoms with Crippen LogP contribution in [0.1, 0.15) is 39.9 Å². The molecule has 0 aliphatic rings. The Bertz CT molecular complexity index is 449. The van der Waals surface area contributed by atoms with Crippen molar-refractivity contribution in [1.82, 2.24) is 15.5 Å². The third-order valence-electron chi connectivity index (χ3n) is 3.65. The normalized spacial score (nSPS) is 14.2. The standard InChI is InChI=1S/C17H32N4O2.HI/c1-5-11-21(7-3)12-10-19-16(18-6-2)20-14-17(4,22)15-9-8-13-23-15;/h8-9,13,22H,5-7,10-12,14H2,1-4H3,(H2,18,19,20);1H. The van der Waals surface area contributed by atoms with Gasteiger partial charge in [0.1, 0.15) is 11.4 Å². The Morgan fingerprint density at radius 2 is 2.04 bits per heavy atom. The number of aliphatic imine (C=N–C) groups is 1. The molecule has 0 saturated carbocycles. The molecule has 1 rings (SSSR count). The van der Waals surface area contributed by atoms with Gasteiger partial charge < -0.3 is 25.1 Å². The molecule has 0 aliphatic heterocycles. The van der Waals surface area contributed by atoms with Gasteiger partial charge >= 0.3 is 0 Å². The van der Waals surface area contributed by atoms with Crippen LogP contribution in [0, 0.1) is 0 Å². The van der Waals surface area contributed by atoms with Crippen LogP contribution in [0.5, 0.6) is 0 Å². The molecule has 1 unspecified atom stereocenters. The summed E-state index contributed by atoms with van der Waals surface area (Å²) < 4.78 is 5.28. The maximum atomic E-state index is 10.4. The molecule has 0 radical (unpaired) electrons. The SMILES string of the molecule is CCCN(CC)CCNC(=NCC(C)(O)c1ccco1)NCC.I. The summed E-state index contributed by atoms with van der Waals surface area (Å²) >= 11 is 0. The summed E-state index contributed by atoms with van der Waals surface area (Å²) in [6.07, 6.45) is 2.72. The lowest BCUT2D eigenvalue weighted by atomic mass is 10.0. The molecule has 24 heavy (non-hydrogen) atoms. The fourth-order valence-electron chi connectivity index (χ4n) is 2.31. The minimum atomic E-state index is -1.11. The molecule has 3 N–H and O–H groups in total. The maximum absolute atomic E-state index is 10.4. The number of hydrogen-bond donors (Lipinski definition) is 3. The van der Waals surface area contributed by atoms with E-state index in [-0.39, 0.29) is 30.5 Å². The first kappa shape index (κ1) is 23.2. The van der Waals surface area contributed by atoms with Crippen molar-refractivity contribution in [3.63, 3.8) is 0 Å². The van der Waals surface area contributed by atoms with Crippen molar-refractivity contribution in [2.24, 2.45) is 4.99 Å². The van der Waals surface area contributed by atoms with Gasteiger partial charge in [-0.25, -0.2) is 4.99 Å². The van der Waals surface area contributed by atoms with Crippen molar-refractivity contribution in [3.8, 4) is 0 Å². The first-order chi connectivity index (χ1) is 11.0. The monoisotopic (exact) mass is 452 g/mol. The number of furan rings is 1. The highest BCUT2D eigenvalue weighted by Crippen LogP contribution is 2.20. The van der Waals surface area contributed by atoms with Crippen LogP contribution in [0.3, 0.4) is 0 Å². The zero-order chi connectivity index (χ0) is 17.1. The molecule has 1 heterocycles. The average Bonchev–Trinajstić information content (AvgIpc) is 3.07. The second-order valence-corrected chi connectivity index (χ2v) is 5.81. The average molecular weight is 452 g/mol. The van der Waals surface area contributed by atoms with Crippen LogP contribution in [0.15, 0.2) is 27.8 Å². The Hall–Kier alpha value is -0.800. The lowest BCUT2D eigenvalue weighted by Crippen LogP contribution is -2.42. The molecular weight excluding hydrogens is 419 g/mol. The predicted octanol–water partition coefficient (Wildman–Crippen LogP) is 2.39. The highest BCUT2D eigenvalue weighted by molar-refractivity contribution is 14.0. The molecular formula is C17H33IN4O2. The summed E-state index contributed by atoms with van der Waals surface area (Å²) in [6, 6.07) is 3.53. The van der Waals surface area contributed by atoms with Crippen molar-refractivity contribution >= 4 is 29.9 Å². The lowest BCUT2D eigenvalue weighted by Gasteiger charge is -2.22. The molecule has 1 atom stereocenters. The van der Waals surface area contributed by atoms with Crippen LogP contribution in [0.25, 0.3) is 0 Å². The fourth-order valence-corrected chi connectivity index (χ4v) is 2.31. The molecule has 1 aromatic heterocycles. The van der Waals surface area contributed by atoms with Gasteiger partial charge in [0.05, 0.1) is 12.8 Å². The largest absolute Gasteiger partial charge is 0.466 e. The zero-order valence-electron chi connectivity index (χ0n) is 15.3. The Balaban J connectivity index is 0.00000529. The van der Waals surface area contributed by atoms with E-state index in [4.69, 9.17) is 4.42 Å². The van der Waals surface area contributed by atoms with Crippen LogP contribution >= 0.6 is 24.0 Å². The molecule has 0 amide bonds. The van der Waals surface area contributed by atoms with Gasteiger partial charge in [0.2, 0.25) is 0 Å².